The van der Waals surface area contributed by atoms with Gasteiger partial charge in [0.25, 0.3) is 6.43 Å². The number of alkyl halides is 5. The molecular weight excluding hydrogens is 812 g/mol. The monoisotopic (exact) mass is 862 g/mol. The number of hydrogen-bond acceptors (Lipinski definition) is 11. The van der Waals surface area contributed by atoms with Gasteiger partial charge in [-0.1, -0.05) is 6.07 Å². The minimum atomic E-state index is -4.71. The standard InChI is InChI=1S/C41H51F5N8O5S/c1-25-20-29(9-11-33(25)48-39-47-22-32(41(44,45)46)37(50-39)54-15-3-14-40(2,57)24-54)60(58,59)51-28-7-4-26(5-8-28)23-52-16-18-53(19-17-52)34-12-6-27(21-31(34)36(42)43)30-10-13-35(55)49-38(30)56/h6,9,11-12,20-22,26,28,30,36,51,57H,3-5,7-8,10,13-19,23-24H2,1-2H3,(H,47,48,50)(H,49,55,56)/t26?,28?,30?,40-/m0/s1. The van der Waals surface area contributed by atoms with Crippen LogP contribution in [0.25, 0.3) is 0 Å². The highest BCUT2D eigenvalue weighted by atomic mass is 32.2. The fraction of sp³-hybridized carbons (Fsp3) is 0.561. The zero-order valence-electron chi connectivity index (χ0n) is 33.6. The number of halogens is 5. The van der Waals surface area contributed by atoms with Crippen molar-refractivity contribution in [2.24, 2.45) is 5.92 Å². The Balaban J connectivity index is 0.903. The number of nitrogens with one attached hydrogen (secondary N) is 3. The number of carbonyl (C=O) groups excluding carboxylic acids is 2. The summed E-state index contributed by atoms with van der Waals surface area (Å²) in [6.45, 7) is 6.82. The third-order valence-corrected chi connectivity index (χ3v) is 13.6. The number of aliphatic hydroxyl groups is 1. The molecule has 2 amide bonds. The number of sulfonamides is 1. The molecule has 326 valence electrons. The summed E-state index contributed by atoms with van der Waals surface area (Å²) in [6, 6.07) is 8.93. The molecule has 4 N–H and O–H groups in total. The summed E-state index contributed by atoms with van der Waals surface area (Å²) < 4.78 is 100. The van der Waals surface area contributed by atoms with Gasteiger partial charge in [0, 0.05) is 81.4 Å². The van der Waals surface area contributed by atoms with Crippen LogP contribution in [0.2, 0.25) is 0 Å². The first-order valence-corrected chi connectivity index (χ1v) is 21.9. The topological polar surface area (TPSA) is 160 Å². The average Bonchev–Trinajstić information content (AvgIpc) is 3.18. The van der Waals surface area contributed by atoms with Gasteiger partial charge in [-0.3, -0.25) is 19.8 Å². The molecule has 3 saturated heterocycles. The third-order valence-electron chi connectivity index (χ3n) is 12.1. The Hall–Kier alpha value is -4.46. The van der Waals surface area contributed by atoms with Crippen molar-refractivity contribution in [3.05, 3.63) is 64.8 Å². The highest BCUT2D eigenvalue weighted by molar-refractivity contribution is 7.89. The molecule has 0 bridgehead atoms. The number of anilines is 4. The first-order chi connectivity index (χ1) is 28.3. The molecule has 7 rings (SSSR count). The predicted octanol–water partition coefficient (Wildman–Crippen LogP) is 6.02. The summed E-state index contributed by atoms with van der Waals surface area (Å²) in [7, 11) is -3.89. The summed E-state index contributed by atoms with van der Waals surface area (Å²) in [4.78, 5) is 37.7. The molecule has 13 nitrogen and oxygen atoms in total. The van der Waals surface area contributed by atoms with Crippen molar-refractivity contribution in [2.45, 2.75) is 100 Å². The number of β-amino-alcohol motifs (C(OH)–C–C–N with tert-alkyl or cyclic N) is 1. The molecule has 1 saturated carbocycles. The van der Waals surface area contributed by atoms with Crippen LogP contribution in [-0.2, 0) is 25.8 Å². The number of rotatable bonds is 11. The molecule has 4 heterocycles. The van der Waals surface area contributed by atoms with Crippen molar-refractivity contribution in [1.82, 2.24) is 24.9 Å². The minimum absolute atomic E-state index is 0.0208. The van der Waals surface area contributed by atoms with Crippen LogP contribution in [0.4, 0.5) is 45.1 Å². The quantitative estimate of drug-likeness (QED) is 0.132. The minimum Gasteiger partial charge on any atom is -0.388 e. The van der Waals surface area contributed by atoms with Gasteiger partial charge >= 0.3 is 6.18 Å². The Morgan fingerprint density at radius 3 is 2.37 bits per heavy atom. The first-order valence-electron chi connectivity index (χ1n) is 20.4. The van der Waals surface area contributed by atoms with E-state index in [2.05, 4.69) is 30.2 Å². The fourth-order valence-corrected chi connectivity index (χ4v) is 10.3. The van der Waals surface area contributed by atoms with Crippen molar-refractivity contribution in [3.8, 4) is 0 Å². The maximum atomic E-state index is 14.3. The van der Waals surface area contributed by atoms with Crippen molar-refractivity contribution in [3.63, 3.8) is 0 Å². The Labute approximate surface area is 346 Å². The van der Waals surface area contributed by atoms with Crippen LogP contribution < -0.4 is 25.2 Å². The van der Waals surface area contributed by atoms with E-state index in [-0.39, 0.29) is 60.1 Å². The molecule has 4 fully saturated rings. The molecular formula is C41H51F5N8O5S. The van der Waals surface area contributed by atoms with E-state index >= 15 is 0 Å². The molecule has 1 aliphatic carbocycles. The summed E-state index contributed by atoms with van der Waals surface area (Å²) in [6.07, 6.45) is -2.39. The molecule has 60 heavy (non-hydrogen) atoms. The number of aromatic nitrogens is 2. The molecule has 19 heteroatoms. The van der Waals surface area contributed by atoms with Gasteiger partial charge in [0.05, 0.1) is 16.4 Å². The molecule has 3 aliphatic heterocycles. The van der Waals surface area contributed by atoms with E-state index in [1.54, 1.807) is 26.0 Å². The van der Waals surface area contributed by atoms with E-state index in [4.69, 9.17) is 0 Å². The van der Waals surface area contributed by atoms with Gasteiger partial charge in [0.1, 0.15) is 11.4 Å². The number of nitrogens with zero attached hydrogens (tertiary/aromatic N) is 5. The van der Waals surface area contributed by atoms with Gasteiger partial charge in [-0.2, -0.15) is 18.2 Å². The van der Waals surface area contributed by atoms with Crippen LogP contribution in [0.1, 0.15) is 92.9 Å². The maximum absolute atomic E-state index is 14.3. The molecule has 3 aromatic rings. The van der Waals surface area contributed by atoms with Crippen LogP contribution in [0.15, 0.2) is 47.5 Å². The molecule has 2 atom stereocenters. The maximum Gasteiger partial charge on any atom is 0.421 e. The zero-order valence-corrected chi connectivity index (χ0v) is 34.4. The van der Waals surface area contributed by atoms with Gasteiger partial charge in [0.15, 0.2) is 0 Å². The van der Waals surface area contributed by atoms with Crippen LogP contribution in [0.3, 0.4) is 0 Å². The second-order valence-corrected chi connectivity index (χ2v) is 18.5. The van der Waals surface area contributed by atoms with E-state index in [0.29, 0.717) is 86.5 Å². The lowest BCUT2D eigenvalue weighted by atomic mass is 9.86. The molecule has 0 spiro atoms. The highest BCUT2D eigenvalue weighted by Crippen LogP contribution is 2.39. The Morgan fingerprint density at radius 2 is 1.72 bits per heavy atom. The van der Waals surface area contributed by atoms with Crippen molar-refractivity contribution < 1.29 is 45.1 Å². The van der Waals surface area contributed by atoms with Crippen molar-refractivity contribution in [1.29, 1.82) is 0 Å². The lowest BCUT2D eigenvalue weighted by Crippen LogP contribution is -2.48. The van der Waals surface area contributed by atoms with E-state index < -0.39 is 45.6 Å². The molecule has 1 unspecified atom stereocenters. The number of hydrogen-bond donors (Lipinski definition) is 4. The Bertz CT molecular complexity index is 2180. The van der Waals surface area contributed by atoms with Crippen molar-refractivity contribution >= 4 is 45.0 Å². The third kappa shape index (κ3) is 10.2. The van der Waals surface area contributed by atoms with Gasteiger partial charge in [-0.15, -0.1) is 0 Å². The van der Waals surface area contributed by atoms with Gasteiger partial charge in [-0.25, -0.2) is 26.9 Å². The molecule has 1 aromatic heterocycles. The predicted molar refractivity (Wildman–Crippen MR) is 215 cm³/mol. The van der Waals surface area contributed by atoms with Gasteiger partial charge < -0.3 is 20.2 Å². The number of imide groups is 1. The molecule has 2 aromatic carbocycles. The van der Waals surface area contributed by atoms with E-state index in [0.717, 1.165) is 19.4 Å². The SMILES string of the molecule is Cc1cc(S(=O)(=O)NC2CCC(CN3CCN(c4ccc(C5CCC(=O)NC5=O)cc4C(F)F)CC3)CC2)ccc1Nc1ncc(C(F)(F)F)c(N2CCC[C@](C)(O)C2)n1. The van der Waals surface area contributed by atoms with Gasteiger partial charge in [-0.05, 0) is 106 Å². The van der Waals surface area contributed by atoms with Crippen LogP contribution >= 0.6 is 0 Å². The summed E-state index contributed by atoms with van der Waals surface area (Å²) in [5, 5.41) is 15.8. The summed E-state index contributed by atoms with van der Waals surface area (Å²) >= 11 is 0. The average molecular weight is 863 g/mol. The number of carbonyl (C=O) groups is 2. The van der Waals surface area contributed by atoms with E-state index in [1.165, 1.54) is 29.2 Å². The van der Waals surface area contributed by atoms with Gasteiger partial charge in [0.2, 0.25) is 27.8 Å². The number of piperidine rings is 2. The smallest absolute Gasteiger partial charge is 0.388 e. The Morgan fingerprint density at radius 1 is 0.983 bits per heavy atom. The zero-order chi connectivity index (χ0) is 43.0. The molecule has 4 aliphatic rings. The van der Waals surface area contributed by atoms with Crippen LogP contribution in [0, 0.1) is 12.8 Å². The number of aryl methyl sites for hydroxylation is 1. The second kappa shape index (κ2) is 17.5. The Kier molecular flexibility index (Phi) is 12.7. The van der Waals surface area contributed by atoms with E-state index in [1.807, 2.05) is 4.90 Å². The highest BCUT2D eigenvalue weighted by Gasteiger charge is 2.40. The second-order valence-electron chi connectivity index (χ2n) is 16.8. The lowest BCUT2D eigenvalue weighted by Gasteiger charge is -2.39. The summed E-state index contributed by atoms with van der Waals surface area (Å²) in [5.41, 5.74) is -0.444. The number of benzene rings is 2. The fourth-order valence-electron chi connectivity index (χ4n) is 8.89. The normalized spacial score (nSPS) is 24.8. The largest absolute Gasteiger partial charge is 0.421 e. The lowest BCUT2D eigenvalue weighted by molar-refractivity contribution is -0.138. The summed E-state index contributed by atoms with van der Waals surface area (Å²) in [5.74, 6) is -1.55. The van der Waals surface area contributed by atoms with Crippen LogP contribution in [0.5, 0.6) is 0 Å². The van der Waals surface area contributed by atoms with Crippen molar-refractivity contribution in [2.75, 3.05) is 60.9 Å². The molecule has 0 radical (unpaired) electrons. The number of amides is 2. The van der Waals surface area contributed by atoms with E-state index in [9.17, 15) is 45.1 Å². The van der Waals surface area contributed by atoms with Crippen LogP contribution in [-0.4, -0.2) is 97.7 Å². The first kappa shape index (κ1) is 43.6. The number of piperazine rings is 1.